The average Bonchev–Trinajstić information content (AvgIpc) is 2.66. The van der Waals surface area contributed by atoms with Gasteiger partial charge in [0, 0.05) is 11.1 Å². The van der Waals surface area contributed by atoms with Crippen LogP contribution in [0.3, 0.4) is 0 Å². The quantitative estimate of drug-likeness (QED) is 0.878. The highest BCUT2D eigenvalue weighted by Crippen LogP contribution is 2.43. The van der Waals surface area contributed by atoms with Crippen LogP contribution in [0.1, 0.15) is 25.3 Å². The Morgan fingerprint density at radius 1 is 1.50 bits per heavy atom. The molecule has 0 saturated carbocycles. The van der Waals surface area contributed by atoms with Gasteiger partial charge in [0.1, 0.15) is 0 Å². The van der Waals surface area contributed by atoms with Crippen LogP contribution in [0, 0.1) is 0 Å². The van der Waals surface area contributed by atoms with Crippen molar-refractivity contribution in [1.82, 2.24) is 5.32 Å². The van der Waals surface area contributed by atoms with Crippen LogP contribution in [0.4, 0.5) is 0 Å². The van der Waals surface area contributed by atoms with Crippen LogP contribution < -0.4 is 10.1 Å². The largest absolute Gasteiger partial charge is 0.504 e. The van der Waals surface area contributed by atoms with Crippen LogP contribution in [0.2, 0.25) is 0 Å². The lowest BCUT2D eigenvalue weighted by atomic mass is 9.89. The van der Waals surface area contributed by atoms with Gasteiger partial charge in [-0.2, -0.15) is 0 Å². The van der Waals surface area contributed by atoms with Gasteiger partial charge in [-0.1, -0.05) is 6.07 Å². The maximum Gasteiger partial charge on any atom is 0.175 e. The number of ether oxygens (including phenoxy) is 1. The maximum atomic E-state index is 10.2. The van der Waals surface area contributed by atoms with E-state index < -0.39 is 0 Å². The minimum Gasteiger partial charge on any atom is -0.504 e. The molecule has 0 bridgehead atoms. The summed E-state index contributed by atoms with van der Waals surface area (Å²) in [5, 5.41) is 13.6. The Morgan fingerprint density at radius 2 is 2.25 bits per heavy atom. The Labute approximate surface area is 104 Å². The number of halogens is 1. The SMILES string of the molecule is COc1c(Br)ccc(C2(C)CCCN2)c1O. The van der Waals surface area contributed by atoms with Gasteiger partial charge in [-0.15, -0.1) is 0 Å². The molecule has 3 nitrogen and oxygen atoms in total. The van der Waals surface area contributed by atoms with E-state index in [1.807, 2.05) is 12.1 Å². The normalized spacial score (nSPS) is 24.7. The molecule has 1 aliphatic rings. The van der Waals surface area contributed by atoms with Crippen molar-refractivity contribution < 1.29 is 9.84 Å². The second kappa shape index (κ2) is 4.26. The van der Waals surface area contributed by atoms with E-state index in [9.17, 15) is 5.11 Å². The molecule has 1 aromatic carbocycles. The Balaban J connectivity index is 2.49. The van der Waals surface area contributed by atoms with Crippen molar-refractivity contribution in [3.05, 3.63) is 22.2 Å². The fraction of sp³-hybridized carbons (Fsp3) is 0.500. The first-order valence-corrected chi connectivity index (χ1v) is 6.19. The van der Waals surface area contributed by atoms with Gasteiger partial charge in [-0.25, -0.2) is 0 Å². The molecule has 88 valence electrons. The summed E-state index contributed by atoms with van der Waals surface area (Å²) >= 11 is 3.36. The van der Waals surface area contributed by atoms with Crippen LogP contribution in [0.25, 0.3) is 0 Å². The second-order valence-corrected chi connectivity index (χ2v) is 5.19. The molecule has 1 aromatic rings. The molecule has 16 heavy (non-hydrogen) atoms. The van der Waals surface area contributed by atoms with Crippen LogP contribution in [-0.2, 0) is 5.54 Å². The zero-order valence-electron chi connectivity index (χ0n) is 9.51. The average molecular weight is 286 g/mol. The first kappa shape index (κ1) is 11.7. The monoisotopic (exact) mass is 285 g/mol. The molecule has 1 fully saturated rings. The van der Waals surface area contributed by atoms with Crippen molar-refractivity contribution in [1.29, 1.82) is 0 Å². The number of hydrogen-bond donors (Lipinski definition) is 2. The van der Waals surface area contributed by atoms with Crippen LogP contribution in [0.15, 0.2) is 16.6 Å². The van der Waals surface area contributed by atoms with E-state index in [0.29, 0.717) is 5.75 Å². The first-order valence-electron chi connectivity index (χ1n) is 5.39. The molecule has 0 radical (unpaired) electrons. The van der Waals surface area contributed by atoms with Gasteiger partial charge in [0.2, 0.25) is 0 Å². The van der Waals surface area contributed by atoms with Crippen molar-refractivity contribution in [2.45, 2.75) is 25.3 Å². The highest BCUT2D eigenvalue weighted by atomic mass is 79.9. The maximum absolute atomic E-state index is 10.2. The number of aromatic hydroxyl groups is 1. The van der Waals surface area contributed by atoms with E-state index in [4.69, 9.17) is 4.74 Å². The smallest absolute Gasteiger partial charge is 0.175 e. The zero-order valence-corrected chi connectivity index (χ0v) is 11.1. The standard InChI is InChI=1S/C12H16BrNO2/c1-12(6-3-7-14-12)8-4-5-9(13)11(16-2)10(8)15/h4-5,14-15H,3,6-7H2,1-2H3. The third kappa shape index (κ3) is 1.80. The minimum atomic E-state index is -0.141. The molecule has 1 unspecified atom stereocenters. The van der Waals surface area contributed by atoms with Crippen molar-refractivity contribution in [3.63, 3.8) is 0 Å². The number of phenolic OH excluding ortho intramolecular Hbond substituents is 1. The molecular weight excluding hydrogens is 270 g/mol. The van der Waals surface area contributed by atoms with Crippen molar-refractivity contribution in [3.8, 4) is 11.5 Å². The van der Waals surface area contributed by atoms with Gasteiger partial charge in [-0.05, 0) is 48.3 Å². The molecule has 2 rings (SSSR count). The number of nitrogens with one attached hydrogen (secondary N) is 1. The molecule has 0 aromatic heterocycles. The second-order valence-electron chi connectivity index (χ2n) is 4.34. The van der Waals surface area contributed by atoms with Gasteiger partial charge in [0.25, 0.3) is 0 Å². The number of phenols is 1. The van der Waals surface area contributed by atoms with E-state index in [2.05, 4.69) is 28.2 Å². The Bertz CT molecular complexity index is 400. The molecule has 2 N–H and O–H groups in total. The van der Waals surface area contributed by atoms with Crippen LogP contribution in [0.5, 0.6) is 11.5 Å². The predicted octanol–water partition coefficient (Wildman–Crippen LogP) is 2.76. The molecule has 1 atom stereocenters. The van der Waals surface area contributed by atoms with E-state index >= 15 is 0 Å². The van der Waals surface area contributed by atoms with E-state index in [-0.39, 0.29) is 11.3 Å². The molecule has 1 saturated heterocycles. The summed E-state index contributed by atoms with van der Waals surface area (Å²) in [6, 6.07) is 3.86. The molecular formula is C12H16BrNO2. The summed E-state index contributed by atoms with van der Waals surface area (Å²) in [7, 11) is 1.56. The summed E-state index contributed by atoms with van der Waals surface area (Å²) in [5.41, 5.74) is 0.767. The van der Waals surface area contributed by atoms with Crippen molar-refractivity contribution >= 4 is 15.9 Å². The van der Waals surface area contributed by atoms with Gasteiger partial charge < -0.3 is 15.2 Å². The summed E-state index contributed by atoms with van der Waals surface area (Å²) in [6.07, 6.45) is 2.17. The first-order chi connectivity index (χ1) is 7.58. The van der Waals surface area contributed by atoms with Crippen LogP contribution >= 0.6 is 15.9 Å². The summed E-state index contributed by atoms with van der Waals surface area (Å²) in [6.45, 7) is 3.11. The highest BCUT2D eigenvalue weighted by molar-refractivity contribution is 9.10. The van der Waals surface area contributed by atoms with Gasteiger partial charge >= 0.3 is 0 Å². The van der Waals surface area contributed by atoms with E-state index in [1.165, 1.54) is 0 Å². The van der Waals surface area contributed by atoms with Crippen molar-refractivity contribution in [2.75, 3.05) is 13.7 Å². The summed E-state index contributed by atoms with van der Waals surface area (Å²) in [5.74, 6) is 0.737. The number of benzene rings is 1. The summed E-state index contributed by atoms with van der Waals surface area (Å²) < 4.78 is 5.97. The number of hydrogen-bond acceptors (Lipinski definition) is 3. The van der Waals surface area contributed by atoms with Gasteiger partial charge in [0.05, 0.1) is 11.6 Å². The van der Waals surface area contributed by atoms with Gasteiger partial charge in [-0.3, -0.25) is 0 Å². The molecule has 4 heteroatoms. The highest BCUT2D eigenvalue weighted by Gasteiger charge is 2.33. The van der Waals surface area contributed by atoms with E-state index in [1.54, 1.807) is 7.11 Å². The van der Waals surface area contributed by atoms with E-state index in [0.717, 1.165) is 29.4 Å². The third-order valence-electron chi connectivity index (χ3n) is 3.25. The fourth-order valence-corrected chi connectivity index (χ4v) is 2.79. The lowest BCUT2D eigenvalue weighted by molar-refractivity contribution is 0.349. The minimum absolute atomic E-state index is 0.141. The Morgan fingerprint density at radius 3 is 2.81 bits per heavy atom. The Hall–Kier alpha value is -0.740. The number of methoxy groups -OCH3 is 1. The molecule has 0 amide bonds. The Kier molecular flexibility index (Phi) is 3.13. The molecule has 1 aliphatic heterocycles. The lowest BCUT2D eigenvalue weighted by Crippen LogP contribution is -2.33. The van der Waals surface area contributed by atoms with Gasteiger partial charge in [0.15, 0.2) is 11.5 Å². The predicted molar refractivity (Wildman–Crippen MR) is 66.9 cm³/mol. The zero-order chi connectivity index (χ0) is 11.8. The fourth-order valence-electron chi connectivity index (χ4n) is 2.31. The van der Waals surface area contributed by atoms with Crippen LogP contribution in [-0.4, -0.2) is 18.8 Å². The molecule has 0 aliphatic carbocycles. The number of rotatable bonds is 2. The summed E-state index contributed by atoms with van der Waals surface area (Å²) in [4.78, 5) is 0. The molecule has 1 heterocycles. The lowest BCUT2D eigenvalue weighted by Gasteiger charge is -2.26. The topological polar surface area (TPSA) is 41.5 Å². The van der Waals surface area contributed by atoms with Crippen molar-refractivity contribution in [2.24, 2.45) is 0 Å². The molecule has 0 spiro atoms. The third-order valence-corrected chi connectivity index (χ3v) is 3.88.